The molecule has 1 heterocycles. The summed E-state index contributed by atoms with van der Waals surface area (Å²) in [6, 6.07) is 12.3. The molecule has 3 rings (SSSR count). The Morgan fingerprint density at radius 1 is 0.778 bits per heavy atom. The standard InChI is InChI=1S/C15H15NO2/c1-16-14-6-4-10(17-2)8-12(14)13-9-11(18-3)5-7-15(13)16/h4-9H,1-3H3. The highest BCUT2D eigenvalue weighted by Crippen LogP contribution is 2.32. The molecule has 18 heavy (non-hydrogen) atoms. The maximum absolute atomic E-state index is 5.30. The molecule has 0 amide bonds. The van der Waals surface area contributed by atoms with Gasteiger partial charge >= 0.3 is 0 Å². The molecule has 0 saturated carbocycles. The zero-order chi connectivity index (χ0) is 12.7. The highest BCUT2D eigenvalue weighted by Gasteiger charge is 2.09. The number of hydrogen-bond donors (Lipinski definition) is 0. The number of fused-ring (bicyclic) bond motifs is 3. The van der Waals surface area contributed by atoms with Crippen LogP contribution in [-0.4, -0.2) is 18.8 Å². The summed E-state index contributed by atoms with van der Waals surface area (Å²) in [7, 11) is 5.45. The van der Waals surface area contributed by atoms with Crippen molar-refractivity contribution < 1.29 is 9.47 Å². The quantitative estimate of drug-likeness (QED) is 0.687. The monoisotopic (exact) mass is 241 g/mol. The van der Waals surface area contributed by atoms with Gasteiger partial charge in [0.1, 0.15) is 11.5 Å². The summed E-state index contributed by atoms with van der Waals surface area (Å²) >= 11 is 0. The van der Waals surface area contributed by atoms with E-state index in [4.69, 9.17) is 9.47 Å². The third-order valence-corrected chi connectivity index (χ3v) is 3.42. The Morgan fingerprint density at radius 2 is 1.22 bits per heavy atom. The summed E-state index contributed by atoms with van der Waals surface area (Å²) < 4.78 is 12.8. The molecule has 0 atom stereocenters. The van der Waals surface area contributed by atoms with Crippen molar-refractivity contribution in [2.45, 2.75) is 0 Å². The lowest BCUT2D eigenvalue weighted by atomic mass is 10.1. The normalized spacial score (nSPS) is 11.1. The van der Waals surface area contributed by atoms with E-state index < -0.39 is 0 Å². The Kier molecular flexibility index (Phi) is 2.40. The maximum atomic E-state index is 5.30. The summed E-state index contributed by atoms with van der Waals surface area (Å²) in [4.78, 5) is 0. The van der Waals surface area contributed by atoms with Crippen LogP contribution in [0.15, 0.2) is 36.4 Å². The van der Waals surface area contributed by atoms with Crippen LogP contribution in [0.1, 0.15) is 0 Å². The fourth-order valence-corrected chi connectivity index (χ4v) is 2.43. The van der Waals surface area contributed by atoms with Crippen molar-refractivity contribution in [3.8, 4) is 11.5 Å². The Morgan fingerprint density at radius 3 is 1.61 bits per heavy atom. The molecule has 0 radical (unpaired) electrons. The molecule has 0 aliphatic carbocycles. The van der Waals surface area contributed by atoms with Crippen LogP contribution in [0.2, 0.25) is 0 Å². The lowest BCUT2D eigenvalue weighted by Crippen LogP contribution is -1.87. The average Bonchev–Trinajstić information content (AvgIpc) is 2.71. The second-order valence-electron chi connectivity index (χ2n) is 4.33. The van der Waals surface area contributed by atoms with Gasteiger partial charge in [-0.2, -0.15) is 0 Å². The summed E-state index contributed by atoms with van der Waals surface area (Å²) in [5.74, 6) is 1.75. The molecule has 0 saturated heterocycles. The predicted octanol–water partition coefficient (Wildman–Crippen LogP) is 3.35. The topological polar surface area (TPSA) is 23.4 Å². The van der Waals surface area contributed by atoms with Crippen LogP contribution in [0.5, 0.6) is 11.5 Å². The van der Waals surface area contributed by atoms with Crippen molar-refractivity contribution in [3.63, 3.8) is 0 Å². The minimum atomic E-state index is 0.873. The number of methoxy groups -OCH3 is 2. The smallest absolute Gasteiger partial charge is 0.119 e. The molecule has 0 N–H and O–H groups in total. The van der Waals surface area contributed by atoms with Crippen molar-refractivity contribution in [3.05, 3.63) is 36.4 Å². The fraction of sp³-hybridized carbons (Fsp3) is 0.200. The molecule has 0 aliphatic heterocycles. The van der Waals surface area contributed by atoms with E-state index in [2.05, 4.69) is 35.9 Å². The second-order valence-corrected chi connectivity index (χ2v) is 4.33. The zero-order valence-corrected chi connectivity index (χ0v) is 10.7. The Balaban J connectivity index is 2.44. The second kappa shape index (κ2) is 3.95. The molecule has 0 fully saturated rings. The molecule has 3 nitrogen and oxygen atoms in total. The third-order valence-electron chi connectivity index (χ3n) is 3.42. The summed E-state index contributed by atoms with van der Waals surface area (Å²) in [6.45, 7) is 0. The molecular formula is C15H15NO2. The van der Waals surface area contributed by atoms with E-state index >= 15 is 0 Å². The fourth-order valence-electron chi connectivity index (χ4n) is 2.43. The molecule has 2 aromatic carbocycles. The van der Waals surface area contributed by atoms with E-state index in [1.165, 1.54) is 21.8 Å². The lowest BCUT2D eigenvalue weighted by Gasteiger charge is -2.00. The van der Waals surface area contributed by atoms with Crippen LogP contribution in [0.25, 0.3) is 21.8 Å². The first-order chi connectivity index (χ1) is 8.74. The SMILES string of the molecule is COc1ccc2c(c1)c1cc(OC)ccc1n2C. The number of aromatic nitrogens is 1. The van der Waals surface area contributed by atoms with Crippen LogP contribution >= 0.6 is 0 Å². The van der Waals surface area contributed by atoms with Crippen LogP contribution < -0.4 is 9.47 Å². The zero-order valence-electron chi connectivity index (χ0n) is 10.7. The molecule has 0 bridgehead atoms. The first-order valence-corrected chi connectivity index (χ1v) is 5.85. The molecule has 1 aromatic heterocycles. The molecule has 3 aromatic rings. The van der Waals surface area contributed by atoms with Crippen LogP contribution in [-0.2, 0) is 7.05 Å². The first kappa shape index (κ1) is 11.0. The van der Waals surface area contributed by atoms with Crippen LogP contribution in [0, 0.1) is 0 Å². The average molecular weight is 241 g/mol. The number of ether oxygens (including phenoxy) is 2. The van der Waals surface area contributed by atoms with Gasteiger partial charge in [-0.25, -0.2) is 0 Å². The summed E-state index contributed by atoms with van der Waals surface area (Å²) in [5, 5.41) is 2.37. The van der Waals surface area contributed by atoms with E-state index in [1.807, 2.05) is 12.1 Å². The van der Waals surface area contributed by atoms with E-state index in [9.17, 15) is 0 Å². The van der Waals surface area contributed by atoms with Gasteiger partial charge in [0.15, 0.2) is 0 Å². The number of benzene rings is 2. The molecule has 0 spiro atoms. The highest BCUT2D eigenvalue weighted by atomic mass is 16.5. The number of nitrogens with zero attached hydrogens (tertiary/aromatic N) is 1. The van der Waals surface area contributed by atoms with Gasteiger partial charge in [0.2, 0.25) is 0 Å². The van der Waals surface area contributed by atoms with E-state index in [0.717, 1.165) is 11.5 Å². The number of aryl methyl sites for hydroxylation is 1. The largest absolute Gasteiger partial charge is 0.497 e. The summed E-state index contributed by atoms with van der Waals surface area (Å²) in [6.07, 6.45) is 0. The van der Waals surface area contributed by atoms with Crippen molar-refractivity contribution in [2.24, 2.45) is 7.05 Å². The van der Waals surface area contributed by atoms with Gasteiger partial charge < -0.3 is 14.0 Å². The Hall–Kier alpha value is -2.16. The van der Waals surface area contributed by atoms with Gasteiger partial charge in [0, 0.05) is 28.9 Å². The molecule has 0 aliphatic rings. The van der Waals surface area contributed by atoms with Crippen molar-refractivity contribution in [1.82, 2.24) is 4.57 Å². The van der Waals surface area contributed by atoms with Gasteiger partial charge in [-0.15, -0.1) is 0 Å². The molecule has 0 unspecified atom stereocenters. The Bertz CT molecular complexity index is 667. The van der Waals surface area contributed by atoms with Crippen LogP contribution in [0.4, 0.5) is 0 Å². The van der Waals surface area contributed by atoms with Gasteiger partial charge in [-0.3, -0.25) is 0 Å². The highest BCUT2D eigenvalue weighted by molar-refractivity contribution is 6.08. The predicted molar refractivity (Wildman–Crippen MR) is 73.5 cm³/mol. The van der Waals surface area contributed by atoms with Gasteiger partial charge in [0.05, 0.1) is 14.2 Å². The van der Waals surface area contributed by atoms with E-state index in [-0.39, 0.29) is 0 Å². The van der Waals surface area contributed by atoms with Crippen LogP contribution in [0.3, 0.4) is 0 Å². The maximum Gasteiger partial charge on any atom is 0.119 e. The van der Waals surface area contributed by atoms with Gasteiger partial charge in [0.25, 0.3) is 0 Å². The van der Waals surface area contributed by atoms with Gasteiger partial charge in [-0.1, -0.05) is 0 Å². The molecular weight excluding hydrogens is 226 g/mol. The van der Waals surface area contributed by atoms with E-state index in [0.29, 0.717) is 0 Å². The number of rotatable bonds is 2. The van der Waals surface area contributed by atoms with Crippen molar-refractivity contribution >= 4 is 21.8 Å². The molecule has 3 heteroatoms. The third kappa shape index (κ3) is 1.44. The minimum absolute atomic E-state index is 0.873. The van der Waals surface area contributed by atoms with Crippen molar-refractivity contribution in [2.75, 3.05) is 14.2 Å². The Labute approximate surface area is 106 Å². The first-order valence-electron chi connectivity index (χ1n) is 5.85. The molecule has 92 valence electrons. The number of hydrogen-bond acceptors (Lipinski definition) is 2. The van der Waals surface area contributed by atoms with E-state index in [1.54, 1.807) is 14.2 Å². The summed E-state index contributed by atoms with van der Waals surface area (Å²) in [5.41, 5.74) is 2.39. The minimum Gasteiger partial charge on any atom is -0.497 e. The lowest BCUT2D eigenvalue weighted by molar-refractivity contribution is 0.415. The van der Waals surface area contributed by atoms with Gasteiger partial charge in [-0.05, 0) is 36.4 Å². The van der Waals surface area contributed by atoms with Crippen molar-refractivity contribution in [1.29, 1.82) is 0 Å².